The van der Waals surface area contributed by atoms with Crippen molar-refractivity contribution in [2.45, 2.75) is 12.5 Å². The second kappa shape index (κ2) is 5.74. The van der Waals surface area contributed by atoms with Crippen LogP contribution in [0.25, 0.3) is 0 Å². The third-order valence-electron chi connectivity index (χ3n) is 3.49. The van der Waals surface area contributed by atoms with Crippen molar-refractivity contribution in [2.75, 3.05) is 6.61 Å². The van der Waals surface area contributed by atoms with Crippen LogP contribution in [0.3, 0.4) is 0 Å². The lowest BCUT2D eigenvalue weighted by Crippen LogP contribution is -2.28. The predicted molar refractivity (Wildman–Crippen MR) is 84.0 cm³/mol. The lowest BCUT2D eigenvalue weighted by molar-refractivity contribution is 0.357. The molecular formula is C15H14BrClN2O. The largest absolute Gasteiger partial charge is 0.493 e. The fraction of sp³-hybridized carbons (Fsp3) is 0.200. The van der Waals surface area contributed by atoms with Gasteiger partial charge in [-0.1, -0.05) is 29.8 Å². The molecule has 0 spiro atoms. The maximum Gasteiger partial charge on any atom is 0.122 e. The first-order chi connectivity index (χ1) is 9.69. The Morgan fingerprint density at radius 2 is 1.95 bits per heavy atom. The molecule has 0 radical (unpaired) electrons. The van der Waals surface area contributed by atoms with Gasteiger partial charge < -0.3 is 4.74 Å². The lowest BCUT2D eigenvalue weighted by atomic mass is 9.97. The highest BCUT2D eigenvalue weighted by Gasteiger charge is 2.18. The molecule has 5 heteroatoms. The number of rotatable bonds is 3. The van der Waals surface area contributed by atoms with Crippen molar-refractivity contribution in [3.63, 3.8) is 0 Å². The van der Waals surface area contributed by atoms with Gasteiger partial charge in [0.15, 0.2) is 0 Å². The van der Waals surface area contributed by atoms with E-state index in [0.717, 1.165) is 34.4 Å². The van der Waals surface area contributed by atoms with E-state index in [1.165, 1.54) is 5.56 Å². The highest BCUT2D eigenvalue weighted by Crippen LogP contribution is 2.32. The zero-order chi connectivity index (χ0) is 14.1. The fourth-order valence-electron chi connectivity index (χ4n) is 2.46. The van der Waals surface area contributed by atoms with Crippen molar-refractivity contribution < 1.29 is 4.74 Å². The molecule has 2 aromatic rings. The second-order valence-corrected chi connectivity index (χ2v) is 6.00. The summed E-state index contributed by atoms with van der Waals surface area (Å²) in [5.41, 5.74) is 6.27. The van der Waals surface area contributed by atoms with Crippen molar-refractivity contribution in [1.29, 1.82) is 0 Å². The molecule has 0 aliphatic carbocycles. The van der Waals surface area contributed by atoms with Crippen LogP contribution >= 0.6 is 27.5 Å². The molecule has 3 nitrogen and oxygen atoms in total. The zero-order valence-electron chi connectivity index (χ0n) is 10.7. The van der Waals surface area contributed by atoms with Gasteiger partial charge in [-0.15, -0.1) is 0 Å². The molecule has 0 saturated carbocycles. The molecule has 3 rings (SSSR count). The molecule has 0 bridgehead atoms. The smallest absolute Gasteiger partial charge is 0.122 e. The first-order valence-corrected chi connectivity index (χ1v) is 7.53. The van der Waals surface area contributed by atoms with Crippen molar-refractivity contribution in [3.05, 3.63) is 62.6 Å². The van der Waals surface area contributed by atoms with Gasteiger partial charge in [-0.3, -0.25) is 5.84 Å². The summed E-state index contributed by atoms with van der Waals surface area (Å²) in [6.45, 7) is 0.756. The number of halogens is 2. The highest BCUT2D eigenvalue weighted by atomic mass is 79.9. The van der Waals surface area contributed by atoms with Gasteiger partial charge in [0.2, 0.25) is 0 Å². The minimum atomic E-state index is -0.0746. The summed E-state index contributed by atoms with van der Waals surface area (Å²) in [6, 6.07) is 11.9. The summed E-state index contributed by atoms with van der Waals surface area (Å²) in [6.07, 6.45) is 0.949. The summed E-state index contributed by atoms with van der Waals surface area (Å²) < 4.78 is 6.39. The topological polar surface area (TPSA) is 47.3 Å². The molecule has 1 aliphatic rings. The van der Waals surface area contributed by atoms with E-state index in [1.807, 2.05) is 30.3 Å². The SMILES string of the molecule is NNC(c1ccc(Cl)c(Br)c1)c1ccc2c(c1)CCO2. The number of fused-ring (bicyclic) bond motifs is 1. The molecule has 0 aromatic heterocycles. The molecular weight excluding hydrogens is 340 g/mol. The first-order valence-electron chi connectivity index (χ1n) is 6.36. The monoisotopic (exact) mass is 352 g/mol. The van der Waals surface area contributed by atoms with Gasteiger partial charge >= 0.3 is 0 Å². The van der Waals surface area contributed by atoms with Crippen LogP contribution in [0.5, 0.6) is 5.75 Å². The Labute approximate surface area is 131 Å². The highest BCUT2D eigenvalue weighted by molar-refractivity contribution is 9.10. The summed E-state index contributed by atoms with van der Waals surface area (Å²) in [5.74, 6) is 6.71. The maximum atomic E-state index is 6.04. The van der Waals surface area contributed by atoms with E-state index in [0.29, 0.717) is 5.02 Å². The standard InChI is InChI=1S/C15H14BrClN2O/c16-12-8-11(1-3-13(12)17)15(19-18)10-2-4-14-9(7-10)5-6-20-14/h1-4,7-8,15,19H,5-6,18H2. The van der Waals surface area contributed by atoms with Crippen molar-refractivity contribution >= 4 is 27.5 Å². The lowest BCUT2D eigenvalue weighted by Gasteiger charge is -2.18. The van der Waals surface area contributed by atoms with E-state index in [2.05, 4.69) is 27.4 Å². The number of hydrogen-bond acceptors (Lipinski definition) is 3. The summed E-state index contributed by atoms with van der Waals surface area (Å²) in [5, 5.41) is 0.687. The fourth-order valence-corrected chi connectivity index (χ4v) is 2.98. The average Bonchev–Trinajstić information content (AvgIpc) is 2.91. The van der Waals surface area contributed by atoms with Crippen LogP contribution in [0.1, 0.15) is 22.7 Å². The molecule has 3 N–H and O–H groups in total. The average molecular weight is 354 g/mol. The minimum Gasteiger partial charge on any atom is -0.493 e. The van der Waals surface area contributed by atoms with Gasteiger partial charge in [-0.05, 0) is 50.8 Å². The van der Waals surface area contributed by atoms with E-state index < -0.39 is 0 Å². The Morgan fingerprint density at radius 3 is 2.70 bits per heavy atom. The molecule has 2 aromatic carbocycles. The summed E-state index contributed by atoms with van der Waals surface area (Å²) in [7, 11) is 0. The number of nitrogens with one attached hydrogen (secondary N) is 1. The maximum absolute atomic E-state index is 6.04. The Kier molecular flexibility index (Phi) is 3.98. The van der Waals surface area contributed by atoms with Crippen LogP contribution in [0.4, 0.5) is 0 Å². The Balaban J connectivity index is 1.98. The Morgan fingerprint density at radius 1 is 1.20 bits per heavy atom. The molecule has 1 atom stereocenters. The number of benzene rings is 2. The molecule has 1 aliphatic heterocycles. The molecule has 0 amide bonds. The van der Waals surface area contributed by atoms with Crippen molar-refractivity contribution in [2.24, 2.45) is 5.84 Å². The Hall–Kier alpha value is -1.07. The third kappa shape index (κ3) is 2.56. The molecule has 0 fully saturated rings. The normalized spacial score (nSPS) is 14.8. The molecule has 1 unspecified atom stereocenters. The summed E-state index contributed by atoms with van der Waals surface area (Å²) in [4.78, 5) is 0. The Bertz CT molecular complexity index is 648. The van der Waals surface area contributed by atoms with Crippen LogP contribution in [0.15, 0.2) is 40.9 Å². The number of hydrogen-bond donors (Lipinski definition) is 2. The molecule has 0 saturated heterocycles. The van der Waals surface area contributed by atoms with Crippen molar-refractivity contribution in [3.8, 4) is 5.75 Å². The quantitative estimate of drug-likeness (QED) is 0.655. The van der Waals surface area contributed by atoms with E-state index in [1.54, 1.807) is 0 Å². The van der Waals surface area contributed by atoms with E-state index in [9.17, 15) is 0 Å². The van der Waals surface area contributed by atoms with E-state index in [-0.39, 0.29) is 6.04 Å². The van der Waals surface area contributed by atoms with Crippen LogP contribution in [0.2, 0.25) is 5.02 Å². The summed E-state index contributed by atoms with van der Waals surface area (Å²) >= 11 is 9.48. The van der Waals surface area contributed by atoms with Gasteiger partial charge in [-0.2, -0.15) is 0 Å². The minimum absolute atomic E-state index is 0.0746. The zero-order valence-corrected chi connectivity index (χ0v) is 13.0. The van der Waals surface area contributed by atoms with Gasteiger partial charge in [-0.25, -0.2) is 5.43 Å². The van der Waals surface area contributed by atoms with E-state index in [4.69, 9.17) is 22.2 Å². The van der Waals surface area contributed by atoms with Gasteiger partial charge in [0.05, 0.1) is 17.7 Å². The van der Waals surface area contributed by atoms with Crippen LogP contribution in [-0.4, -0.2) is 6.61 Å². The van der Waals surface area contributed by atoms with Crippen molar-refractivity contribution in [1.82, 2.24) is 5.43 Å². The van der Waals surface area contributed by atoms with Crippen LogP contribution in [0, 0.1) is 0 Å². The predicted octanol–water partition coefficient (Wildman–Crippen LogP) is 3.59. The van der Waals surface area contributed by atoms with Crippen LogP contribution in [-0.2, 0) is 6.42 Å². The molecule has 104 valence electrons. The van der Waals surface area contributed by atoms with E-state index >= 15 is 0 Å². The number of nitrogens with two attached hydrogens (primary N) is 1. The van der Waals surface area contributed by atoms with Gasteiger partial charge in [0.1, 0.15) is 5.75 Å². The molecule has 20 heavy (non-hydrogen) atoms. The van der Waals surface area contributed by atoms with Gasteiger partial charge in [0, 0.05) is 10.9 Å². The molecule has 1 heterocycles. The number of ether oxygens (including phenoxy) is 1. The van der Waals surface area contributed by atoms with Crippen LogP contribution < -0.4 is 16.0 Å². The third-order valence-corrected chi connectivity index (χ3v) is 4.70. The van der Waals surface area contributed by atoms with Gasteiger partial charge in [0.25, 0.3) is 0 Å². The first kappa shape index (κ1) is 13.9. The second-order valence-electron chi connectivity index (χ2n) is 4.74. The number of hydrazine groups is 1.